The molecule has 0 aromatic heterocycles. The van der Waals surface area contributed by atoms with Gasteiger partial charge in [0.1, 0.15) is 0 Å². The molecule has 5 heteroatoms. The Morgan fingerprint density at radius 3 is 2.50 bits per heavy atom. The summed E-state index contributed by atoms with van der Waals surface area (Å²) in [6, 6.07) is 6.63. The molecule has 2 rings (SSSR count). The lowest BCUT2D eigenvalue weighted by Gasteiger charge is -2.23. The predicted molar refractivity (Wildman–Crippen MR) is 68.9 cm³/mol. The number of nitrogens with two attached hydrogens (primary N) is 2. The molecule has 0 bridgehead atoms. The second-order valence-corrected chi connectivity index (χ2v) is 4.92. The van der Waals surface area contributed by atoms with Gasteiger partial charge in [0.15, 0.2) is 0 Å². The standard InChI is InChI=1S/C13H17N3O2/c1-13(15,8-6-7-8)12(18)16-10-5-3-2-4-9(10)11(14)17/h2-5,8H,6-7,15H2,1H3,(H2,14,17)(H,16,18). The number of carbonyl (C=O) groups excluding carboxylic acids is 2. The maximum absolute atomic E-state index is 12.1. The molecule has 96 valence electrons. The summed E-state index contributed by atoms with van der Waals surface area (Å²) >= 11 is 0. The van der Waals surface area contributed by atoms with E-state index in [1.54, 1.807) is 31.2 Å². The van der Waals surface area contributed by atoms with Crippen LogP contribution in [0.4, 0.5) is 5.69 Å². The lowest BCUT2D eigenvalue weighted by molar-refractivity contribution is -0.121. The summed E-state index contributed by atoms with van der Waals surface area (Å²) in [7, 11) is 0. The number of anilines is 1. The molecular weight excluding hydrogens is 230 g/mol. The third kappa shape index (κ3) is 2.36. The zero-order chi connectivity index (χ0) is 13.3. The van der Waals surface area contributed by atoms with Crippen LogP contribution in [0.5, 0.6) is 0 Å². The van der Waals surface area contributed by atoms with Crippen LogP contribution in [0.25, 0.3) is 0 Å². The molecule has 1 saturated carbocycles. The van der Waals surface area contributed by atoms with Gasteiger partial charge in [-0.2, -0.15) is 0 Å². The second kappa shape index (κ2) is 4.42. The molecule has 18 heavy (non-hydrogen) atoms. The van der Waals surface area contributed by atoms with E-state index in [-0.39, 0.29) is 17.4 Å². The van der Waals surface area contributed by atoms with Crippen LogP contribution >= 0.6 is 0 Å². The zero-order valence-electron chi connectivity index (χ0n) is 10.3. The number of amides is 2. The third-order valence-corrected chi connectivity index (χ3v) is 3.36. The third-order valence-electron chi connectivity index (χ3n) is 3.36. The molecule has 2 amide bonds. The van der Waals surface area contributed by atoms with E-state index in [1.165, 1.54) is 0 Å². The van der Waals surface area contributed by atoms with Crippen LogP contribution in [-0.2, 0) is 4.79 Å². The van der Waals surface area contributed by atoms with Gasteiger partial charge in [-0.1, -0.05) is 12.1 Å². The average Bonchev–Trinajstić information content (AvgIpc) is 3.13. The van der Waals surface area contributed by atoms with Crippen molar-refractivity contribution in [1.29, 1.82) is 0 Å². The lowest BCUT2D eigenvalue weighted by atomic mass is 9.96. The molecule has 5 nitrogen and oxygen atoms in total. The van der Waals surface area contributed by atoms with Gasteiger partial charge in [0.25, 0.3) is 5.91 Å². The molecule has 1 unspecified atom stereocenters. The number of hydrogen-bond donors (Lipinski definition) is 3. The Hall–Kier alpha value is -1.88. The monoisotopic (exact) mass is 247 g/mol. The zero-order valence-corrected chi connectivity index (χ0v) is 10.3. The Labute approximate surface area is 106 Å². The van der Waals surface area contributed by atoms with Crippen LogP contribution in [-0.4, -0.2) is 17.4 Å². The van der Waals surface area contributed by atoms with E-state index in [1.807, 2.05) is 0 Å². The van der Waals surface area contributed by atoms with E-state index in [0.29, 0.717) is 5.69 Å². The fraction of sp³-hybridized carbons (Fsp3) is 0.385. The summed E-state index contributed by atoms with van der Waals surface area (Å²) in [6.07, 6.45) is 1.94. The van der Waals surface area contributed by atoms with Crippen LogP contribution in [0.15, 0.2) is 24.3 Å². The molecule has 1 fully saturated rings. The number of para-hydroxylation sites is 1. The Bertz CT molecular complexity index is 493. The van der Waals surface area contributed by atoms with E-state index >= 15 is 0 Å². The van der Waals surface area contributed by atoms with Gasteiger partial charge in [0.05, 0.1) is 16.8 Å². The molecule has 0 saturated heterocycles. The SMILES string of the molecule is CC(N)(C(=O)Nc1ccccc1C(N)=O)C1CC1. The van der Waals surface area contributed by atoms with Crippen LogP contribution in [0.2, 0.25) is 0 Å². The van der Waals surface area contributed by atoms with Crippen LogP contribution in [0.1, 0.15) is 30.1 Å². The molecule has 0 heterocycles. The van der Waals surface area contributed by atoms with E-state index in [9.17, 15) is 9.59 Å². The fourth-order valence-corrected chi connectivity index (χ4v) is 1.93. The van der Waals surface area contributed by atoms with Crippen LogP contribution < -0.4 is 16.8 Å². The molecular formula is C13H17N3O2. The lowest BCUT2D eigenvalue weighted by Crippen LogP contribution is -2.50. The molecule has 1 aliphatic rings. The first-order chi connectivity index (χ1) is 8.43. The Morgan fingerprint density at radius 2 is 1.94 bits per heavy atom. The molecule has 1 atom stereocenters. The number of carbonyl (C=O) groups is 2. The summed E-state index contributed by atoms with van der Waals surface area (Å²) in [4.78, 5) is 23.3. The summed E-state index contributed by atoms with van der Waals surface area (Å²) in [5.41, 5.74) is 11.1. The van der Waals surface area contributed by atoms with Crippen molar-refractivity contribution in [3.63, 3.8) is 0 Å². The highest BCUT2D eigenvalue weighted by molar-refractivity contribution is 6.05. The summed E-state index contributed by atoms with van der Waals surface area (Å²) in [5.74, 6) is -0.631. The maximum atomic E-state index is 12.1. The van der Waals surface area contributed by atoms with Gasteiger partial charge in [-0.3, -0.25) is 9.59 Å². The predicted octanol–water partition coefficient (Wildman–Crippen LogP) is 0.851. The van der Waals surface area contributed by atoms with E-state index in [0.717, 1.165) is 12.8 Å². The highest BCUT2D eigenvalue weighted by Gasteiger charge is 2.44. The van der Waals surface area contributed by atoms with Crippen molar-refractivity contribution in [1.82, 2.24) is 0 Å². The minimum Gasteiger partial charge on any atom is -0.366 e. The van der Waals surface area contributed by atoms with Crippen molar-refractivity contribution in [3.8, 4) is 0 Å². The minimum atomic E-state index is -0.898. The first-order valence-electron chi connectivity index (χ1n) is 5.92. The number of nitrogens with one attached hydrogen (secondary N) is 1. The number of rotatable bonds is 4. The molecule has 0 spiro atoms. The molecule has 0 radical (unpaired) electrons. The maximum Gasteiger partial charge on any atom is 0.250 e. The van der Waals surface area contributed by atoms with Crippen LogP contribution in [0.3, 0.4) is 0 Å². The normalized spacial score (nSPS) is 17.9. The van der Waals surface area contributed by atoms with Gasteiger partial charge in [-0.25, -0.2) is 0 Å². The first kappa shape index (κ1) is 12.6. The summed E-state index contributed by atoms with van der Waals surface area (Å²) < 4.78 is 0. The van der Waals surface area contributed by atoms with Gasteiger partial charge in [0.2, 0.25) is 5.91 Å². The van der Waals surface area contributed by atoms with Crippen molar-refractivity contribution < 1.29 is 9.59 Å². The van der Waals surface area contributed by atoms with Gasteiger partial charge < -0.3 is 16.8 Å². The van der Waals surface area contributed by atoms with Crippen molar-refractivity contribution in [2.75, 3.05) is 5.32 Å². The molecule has 1 aromatic carbocycles. The first-order valence-corrected chi connectivity index (χ1v) is 5.92. The van der Waals surface area contributed by atoms with Crippen LogP contribution in [0, 0.1) is 5.92 Å². The van der Waals surface area contributed by atoms with E-state index in [2.05, 4.69) is 5.32 Å². The van der Waals surface area contributed by atoms with Crippen molar-refractivity contribution in [2.24, 2.45) is 17.4 Å². The number of primary amides is 1. The Balaban J connectivity index is 2.19. The van der Waals surface area contributed by atoms with Gasteiger partial charge >= 0.3 is 0 Å². The van der Waals surface area contributed by atoms with Crippen molar-refractivity contribution >= 4 is 17.5 Å². The molecule has 0 aliphatic heterocycles. The van der Waals surface area contributed by atoms with E-state index in [4.69, 9.17) is 11.5 Å². The molecule has 1 aliphatic carbocycles. The minimum absolute atomic E-state index is 0.221. The van der Waals surface area contributed by atoms with Gasteiger partial charge in [-0.05, 0) is 37.8 Å². The summed E-state index contributed by atoms with van der Waals surface area (Å²) in [5, 5.41) is 2.69. The molecule has 1 aromatic rings. The van der Waals surface area contributed by atoms with Crippen molar-refractivity contribution in [3.05, 3.63) is 29.8 Å². The fourth-order valence-electron chi connectivity index (χ4n) is 1.93. The largest absolute Gasteiger partial charge is 0.366 e. The highest BCUT2D eigenvalue weighted by atomic mass is 16.2. The number of benzene rings is 1. The quantitative estimate of drug-likeness (QED) is 0.735. The second-order valence-electron chi connectivity index (χ2n) is 4.92. The van der Waals surface area contributed by atoms with Gasteiger partial charge in [-0.15, -0.1) is 0 Å². The average molecular weight is 247 g/mol. The topological polar surface area (TPSA) is 98.2 Å². The Kier molecular flexibility index (Phi) is 3.09. The van der Waals surface area contributed by atoms with Gasteiger partial charge in [0, 0.05) is 0 Å². The number of hydrogen-bond acceptors (Lipinski definition) is 3. The Morgan fingerprint density at radius 1 is 1.33 bits per heavy atom. The smallest absolute Gasteiger partial charge is 0.250 e. The van der Waals surface area contributed by atoms with Crippen molar-refractivity contribution in [2.45, 2.75) is 25.3 Å². The van der Waals surface area contributed by atoms with E-state index < -0.39 is 11.4 Å². The summed E-state index contributed by atoms with van der Waals surface area (Å²) in [6.45, 7) is 1.72. The highest BCUT2D eigenvalue weighted by Crippen LogP contribution is 2.38. The molecule has 5 N–H and O–H groups in total.